The average Bonchev–Trinajstić information content (AvgIpc) is 4.14. The zero-order chi connectivity index (χ0) is 38.9. The molecule has 8 heterocycles. The molecule has 4 saturated heterocycles. The van der Waals surface area contributed by atoms with Crippen molar-refractivity contribution in [3.8, 4) is 22.3 Å². The summed E-state index contributed by atoms with van der Waals surface area (Å²) in [4.78, 5) is 30.5. The van der Waals surface area contributed by atoms with Crippen molar-refractivity contribution in [3.63, 3.8) is 0 Å². The number of fused-ring (bicyclic) bond motifs is 2. The van der Waals surface area contributed by atoms with Crippen molar-refractivity contribution >= 4 is 54.7 Å². The third kappa shape index (κ3) is 9.38. The number of thiophene rings is 2. The van der Waals surface area contributed by atoms with Crippen LogP contribution in [0.1, 0.15) is 38.5 Å². The van der Waals surface area contributed by atoms with E-state index in [-0.39, 0.29) is 0 Å². The topological polar surface area (TPSA) is 83.0 Å². The SMILES string of the molecule is c1ccc(-c2csc3ncnc(N4CC[C@@H](COCCN5CCCC5)C4)c23)cc1.c1ccc(-c2csc3ncnc(N4CC[C@H](COCCN5CCCC5)C4)c23)cc1. The Morgan fingerprint density at radius 3 is 1.40 bits per heavy atom. The lowest BCUT2D eigenvalue weighted by molar-refractivity contribution is 0.0876. The summed E-state index contributed by atoms with van der Waals surface area (Å²) in [6.07, 6.45) is 11.1. The number of ether oxygens (including phenoxy) is 2. The Kier molecular flexibility index (Phi) is 13.2. The monoisotopic (exact) mass is 816 g/mol. The highest BCUT2D eigenvalue weighted by Crippen LogP contribution is 2.40. The van der Waals surface area contributed by atoms with Gasteiger partial charge in [0.25, 0.3) is 0 Å². The van der Waals surface area contributed by atoms with E-state index < -0.39 is 0 Å². The molecule has 0 radical (unpaired) electrons. The number of benzene rings is 2. The molecule has 12 heteroatoms. The van der Waals surface area contributed by atoms with Crippen molar-refractivity contribution in [3.05, 3.63) is 84.1 Å². The standard InChI is InChI=1S/2C23H28N4OS/c2*1-2-6-19(7-3-1)20-16-29-23-21(20)22(24-17-25-23)27-11-8-18(14-27)15-28-13-12-26-9-4-5-10-26/h2*1-3,6-7,16-18H,4-5,8-15H2/t2*18-/m10/s1. The van der Waals surface area contributed by atoms with Gasteiger partial charge < -0.3 is 29.1 Å². The molecular formula is C46H56N8O2S2. The maximum Gasteiger partial charge on any atom is 0.141 e. The molecule has 4 aliphatic rings. The third-order valence-corrected chi connectivity index (χ3v) is 14.0. The van der Waals surface area contributed by atoms with E-state index in [0.29, 0.717) is 11.8 Å². The van der Waals surface area contributed by atoms with Gasteiger partial charge in [-0.2, -0.15) is 0 Å². The van der Waals surface area contributed by atoms with Gasteiger partial charge in [0.1, 0.15) is 34.0 Å². The molecule has 4 aromatic heterocycles. The van der Waals surface area contributed by atoms with Gasteiger partial charge in [0.15, 0.2) is 0 Å². The van der Waals surface area contributed by atoms with Crippen LogP contribution in [-0.2, 0) is 9.47 Å². The quantitative estimate of drug-likeness (QED) is 0.0998. The van der Waals surface area contributed by atoms with E-state index in [1.165, 1.54) is 97.7 Å². The van der Waals surface area contributed by atoms with Gasteiger partial charge >= 0.3 is 0 Å². The van der Waals surface area contributed by atoms with Gasteiger partial charge in [0.2, 0.25) is 0 Å². The number of hydrogen-bond donors (Lipinski definition) is 0. The van der Waals surface area contributed by atoms with Crippen LogP contribution in [0.5, 0.6) is 0 Å². The van der Waals surface area contributed by atoms with Crippen LogP contribution in [0, 0.1) is 11.8 Å². The highest BCUT2D eigenvalue weighted by molar-refractivity contribution is 7.17. The molecule has 0 N–H and O–H groups in total. The summed E-state index contributed by atoms with van der Waals surface area (Å²) in [6.45, 7) is 14.7. The van der Waals surface area contributed by atoms with E-state index in [1.807, 2.05) is 0 Å². The minimum absolute atomic E-state index is 0.581. The van der Waals surface area contributed by atoms with Crippen molar-refractivity contribution in [2.45, 2.75) is 38.5 Å². The maximum atomic E-state index is 6.03. The fourth-order valence-electron chi connectivity index (χ4n) is 9.08. The van der Waals surface area contributed by atoms with Crippen molar-refractivity contribution in [2.75, 3.05) is 102 Å². The molecule has 0 amide bonds. The first-order valence-corrected chi connectivity index (χ1v) is 23.2. The van der Waals surface area contributed by atoms with Crippen LogP contribution in [-0.4, -0.2) is 122 Å². The maximum absolute atomic E-state index is 6.03. The first kappa shape index (κ1) is 39.4. The number of hydrogen-bond acceptors (Lipinski definition) is 12. The number of aromatic nitrogens is 4. The molecule has 4 aliphatic heterocycles. The summed E-state index contributed by atoms with van der Waals surface area (Å²) >= 11 is 3.41. The first-order valence-electron chi connectivity index (χ1n) is 21.4. The molecule has 0 unspecified atom stereocenters. The molecule has 6 aromatic rings. The normalized spacial score (nSPS) is 20.1. The van der Waals surface area contributed by atoms with E-state index in [0.717, 1.165) is 87.0 Å². The van der Waals surface area contributed by atoms with E-state index in [9.17, 15) is 0 Å². The molecule has 2 aromatic carbocycles. The molecule has 4 fully saturated rings. The van der Waals surface area contributed by atoms with Gasteiger partial charge in [-0.3, -0.25) is 0 Å². The minimum atomic E-state index is 0.581. The molecule has 10 nitrogen and oxygen atoms in total. The predicted molar refractivity (Wildman–Crippen MR) is 239 cm³/mol. The van der Waals surface area contributed by atoms with Crippen LogP contribution in [0.15, 0.2) is 84.1 Å². The molecular weight excluding hydrogens is 761 g/mol. The third-order valence-electron chi connectivity index (χ3n) is 12.2. The van der Waals surface area contributed by atoms with Gasteiger partial charge in [-0.15, -0.1) is 22.7 Å². The number of anilines is 2. The number of likely N-dealkylation sites (tertiary alicyclic amines) is 2. The van der Waals surface area contributed by atoms with Crippen molar-refractivity contribution in [1.29, 1.82) is 0 Å². The summed E-state index contributed by atoms with van der Waals surface area (Å²) in [5, 5.41) is 6.82. The highest BCUT2D eigenvalue weighted by atomic mass is 32.1. The highest BCUT2D eigenvalue weighted by Gasteiger charge is 2.28. The van der Waals surface area contributed by atoms with E-state index in [4.69, 9.17) is 19.4 Å². The number of rotatable bonds is 14. The lowest BCUT2D eigenvalue weighted by Gasteiger charge is -2.19. The van der Waals surface area contributed by atoms with Gasteiger partial charge in [0, 0.05) is 73.0 Å². The summed E-state index contributed by atoms with van der Waals surface area (Å²) in [5.74, 6) is 3.32. The first-order chi connectivity index (χ1) is 28.8. The summed E-state index contributed by atoms with van der Waals surface area (Å²) < 4.78 is 12.1. The largest absolute Gasteiger partial charge is 0.380 e. The molecule has 304 valence electrons. The van der Waals surface area contributed by atoms with Gasteiger partial charge in [-0.05, 0) is 75.8 Å². The van der Waals surface area contributed by atoms with Crippen LogP contribution in [0.25, 0.3) is 42.7 Å². The molecule has 10 rings (SSSR count). The van der Waals surface area contributed by atoms with E-state index >= 15 is 0 Å². The van der Waals surface area contributed by atoms with E-state index in [1.54, 1.807) is 35.3 Å². The zero-order valence-electron chi connectivity index (χ0n) is 33.6. The van der Waals surface area contributed by atoms with Crippen molar-refractivity contribution in [2.24, 2.45) is 11.8 Å². The second-order valence-corrected chi connectivity index (χ2v) is 18.0. The molecule has 0 bridgehead atoms. The minimum Gasteiger partial charge on any atom is -0.380 e. The van der Waals surface area contributed by atoms with Gasteiger partial charge in [-0.25, -0.2) is 19.9 Å². The Bertz CT molecular complexity index is 2030. The van der Waals surface area contributed by atoms with Gasteiger partial charge in [-0.1, -0.05) is 60.7 Å². The summed E-state index contributed by atoms with van der Waals surface area (Å²) in [5.41, 5.74) is 4.95. The second-order valence-electron chi connectivity index (χ2n) is 16.2. The summed E-state index contributed by atoms with van der Waals surface area (Å²) in [7, 11) is 0. The number of nitrogens with zero attached hydrogens (tertiary/aromatic N) is 8. The van der Waals surface area contributed by atoms with Gasteiger partial charge in [0.05, 0.1) is 37.2 Å². The molecule has 0 aliphatic carbocycles. The van der Waals surface area contributed by atoms with E-state index in [2.05, 4.69) is 101 Å². The molecule has 58 heavy (non-hydrogen) atoms. The average molecular weight is 817 g/mol. The zero-order valence-corrected chi connectivity index (χ0v) is 35.2. The van der Waals surface area contributed by atoms with Crippen LogP contribution in [0.4, 0.5) is 11.6 Å². The van der Waals surface area contributed by atoms with Crippen LogP contribution >= 0.6 is 22.7 Å². The second kappa shape index (κ2) is 19.4. The Morgan fingerprint density at radius 2 is 0.966 bits per heavy atom. The van der Waals surface area contributed by atoms with Crippen molar-refractivity contribution in [1.82, 2.24) is 29.7 Å². The summed E-state index contributed by atoms with van der Waals surface area (Å²) in [6, 6.07) is 21.1. The van der Waals surface area contributed by atoms with Crippen molar-refractivity contribution < 1.29 is 9.47 Å². The van der Waals surface area contributed by atoms with Crippen LogP contribution in [0.3, 0.4) is 0 Å². The fourth-order valence-corrected chi connectivity index (χ4v) is 10.9. The molecule has 0 saturated carbocycles. The molecule has 0 spiro atoms. The lowest BCUT2D eigenvalue weighted by Crippen LogP contribution is -2.26. The fraction of sp³-hybridized carbons (Fsp3) is 0.478. The predicted octanol–water partition coefficient (Wildman–Crippen LogP) is 8.59. The Labute approximate surface area is 350 Å². The molecule has 2 atom stereocenters. The Morgan fingerprint density at radius 1 is 0.534 bits per heavy atom. The van der Waals surface area contributed by atoms with Crippen LogP contribution < -0.4 is 9.80 Å². The Balaban J connectivity index is 0.000000150. The smallest absolute Gasteiger partial charge is 0.141 e. The lowest BCUT2D eigenvalue weighted by atomic mass is 10.1. The Hall–Kier alpha value is -4.04. The van der Waals surface area contributed by atoms with Crippen LogP contribution in [0.2, 0.25) is 0 Å².